The highest BCUT2D eigenvalue weighted by atomic mass is 127. The molecule has 0 aromatic heterocycles. The van der Waals surface area contributed by atoms with Crippen molar-refractivity contribution >= 4 is 22.6 Å². The molecular weight excluding hydrogens is 247 g/mol. The van der Waals surface area contributed by atoms with Crippen molar-refractivity contribution in [3.05, 3.63) is 0 Å². The molecule has 2 fully saturated rings. The summed E-state index contributed by atoms with van der Waals surface area (Å²) >= 11 is 2.58. The first-order valence-electron chi connectivity index (χ1n) is 4.89. The molecule has 0 amide bonds. The molecule has 4 atom stereocenters. The van der Waals surface area contributed by atoms with Gasteiger partial charge in [-0.25, -0.2) is 0 Å². The Bertz CT molecular complexity index is 144. The van der Waals surface area contributed by atoms with Crippen LogP contribution in [0.4, 0.5) is 0 Å². The third-order valence-corrected chi connectivity index (χ3v) is 4.97. The Morgan fingerprint density at radius 2 is 2.00 bits per heavy atom. The normalized spacial score (nSPS) is 49.6. The monoisotopic (exact) mass is 264 g/mol. The van der Waals surface area contributed by atoms with Crippen molar-refractivity contribution in [2.24, 2.45) is 23.7 Å². The van der Waals surface area contributed by atoms with Gasteiger partial charge in [0.05, 0.1) is 0 Å². The molecule has 0 bridgehead atoms. The average molecular weight is 264 g/mol. The molecular formula is C10H17I. The van der Waals surface area contributed by atoms with Crippen LogP contribution in [0.5, 0.6) is 0 Å². The molecule has 0 nitrogen and oxygen atoms in total. The third-order valence-electron chi connectivity index (χ3n) is 3.83. The van der Waals surface area contributed by atoms with Gasteiger partial charge in [0.25, 0.3) is 0 Å². The lowest BCUT2D eigenvalue weighted by Crippen LogP contribution is -2.10. The largest absolute Gasteiger partial charge is 0.0861 e. The molecule has 0 radical (unpaired) electrons. The molecule has 1 heteroatoms. The Hall–Kier alpha value is 0.730. The first-order valence-corrected chi connectivity index (χ1v) is 6.41. The summed E-state index contributed by atoms with van der Waals surface area (Å²) in [6, 6.07) is 0. The van der Waals surface area contributed by atoms with Crippen LogP contribution in [0.3, 0.4) is 0 Å². The zero-order valence-electron chi connectivity index (χ0n) is 7.22. The molecule has 0 aromatic rings. The van der Waals surface area contributed by atoms with Gasteiger partial charge in [0.1, 0.15) is 0 Å². The van der Waals surface area contributed by atoms with Gasteiger partial charge in [-0.15, -0.1) is 0 Å². The second-order valence-corrected chi connectivity index (χ2v) is 5.27. The van der Waals surface area contributed by atoms with Gasteiger partial charge in [-0.3, -0.25) is 0 Å². The smallest absolute Gasteiger partial charge is 0.00265 e. The van der Waals surface area contributed by atoms with Crippen molar-refractivity contribution in [3.63, 3.8) is 0 Å². The standard InChI is InChI=1S/C10H17I/c1-7-5-8(6-11)10-4-2-3-9(7)10/h7-10H,2-6H2,1H3. The van der Waals surface area contributed by atoms with Crippen LogP contribution in [-0.2, 0) is 0 Å². The fourth-order valence-corrected chi connectivity index (χ4v) is 4.33. The second-order valence-electron chi connectivity index (χ2n) is 4.39. The number of fused-ring (bicyclic) bond motifs is 1. The maximum atomic E-state index is 2.58. The van der Waals surface area contributed by atoms with Crippen LogP contribution < -0.4 is 0 Å². The molecule has 0 heterocycles. The van der Waals surface area contributed by atoms with E-state index in [2.05, 4.69) is 29.5 Å². The van der Waals surface area contributed by atoms with E-state index in [0.717, 1.165) is 23.7 Å². The fraction of sp³-hybridized carbons (Fsp3) is 1.00. The van der Waals surface area contributed by atoms with E-state index in [4.69, 9.17) is 0 Å². The van der Waals surface area contributed by atoms with Crippen molar-refractivity contribution in [2.75, 3.05) is 4.43 Å². The highest BCUT2D eigenvalue weighted by molar-refractivity contribution is 14.1. The van der Waals surface area contributed by atoms with Gasteiger partial charge in [0.2, 0.25) is 0 Å². The van der Waals surface area contributed by atoms with Crippen LogP contribution in [0, 0.1) is 23.7 Å². The van der Waals surface area contributed by atoms with Gasteiger partial charge in [0, 0.05) is 4.43 Å². The van der Waals surface area contributed by atoms with E-state index in [0.29, 0.717) is 0 Å². The van der Waals surface area contributed by atoms with E-state index in [1.807, 2.05) is 0 Å². The summed E-state index contributed by atoms with van der Waals surface area (Å²) in [5.41, 5.74) is 0. The Kier molecular flexibility index (Phi) is 2.45. The molecule has 2 saturated carbocycles. The number of halogens is 1. The molecule has 2 aliphatic rings. The molecule has 4 unspecified atom stereocenters. The van der Waals surface area contributed by atoms with Crippen LogP contribution in [0.2, 0.25) is 0 Å². The Morgan fingerprint density at radius 1 is 1.27 bits per heavy atom. The first-order chi connectivity index (χ1) is 5.33. The average Bonchev–Trinajstić information content (AvgIpc) is 2.54. The van der Waals surface area contributed by atoms with Crippen molar-refractivity contribution in [1.29, 1.82) is 0 Å². The van der Waals surface area contributed by atoms with Gasteiger partial charge in [-0.05, 0) is 42.9 Å². The molecule has 11 heavy (non-hydrogen) atoms. The Labute approximate surface area is 83.3 Å². The van der Waals surface area contributed by atoms with Gasteiger partial charge in [0.15, 0.2) is 0 Å². The minimum absolute atomic E-state index is 1.04. The van der Waals surface area contributed by atoms with Crippen LogP contribution in [-0.4, -0.2) is 4.43 Å². The van der Waals surface area contributed by atoms with Crippen molar-refractivity contribution in [1.82, 2.24) is 0 Å². The van der Waals surface area contributed by atoms with E-state index in [9.17, 15) is 0 Å². The molecule has 2 rings (SSSR count). The Balaban J connectivity index is 2.07. The van der Waals surface area contributed by atoms with Crippen molar-refractivity contribution < 1.29 is 0 Å². The summed E-state index contributed by atoms with van der Waals surface area (Å²) < 4.78 is 1.41. The predicted molar refractivity (Wildman–Crippen MR) is 57.0 cm³/mol. The summed E-state index contributed by atoms with van der Waals surface area (Å²) in [5, 5.41) is 0. The topological polar surface area (TPSA) is 0 Å². The van der Waals surface area contributed by atoms with Crippen LogP contribution >= 0.6 is 22.6 Å². The number of rotatable bonds is 1. The minimum atomic E-state index is 1.04. The van der Waals surface area contributed by atoms with Crippen LogP contribution in [0.1, 0.15) is 32.6 Å². The van der Waals surface area contributed by atoms with E-state index >= 15 is 0 Å². The molecule has 0 N–H and O–H groups in total. The van der Waals surface area contributed by atoms with Crippen molar-refractivity contribution in [3.8, 4) is 0 Å². The Morgan fingerprint density at radius 3 is 2.73 bits per heavy atom. The van der Waals surface area contributed by atoms with E-state index in [1.54, 1.807) is 12.8 Å². The van der Waals surface area contributed by atoms with E-state index in [1.165, 1.54) is 17.3 Å². The molecule has 0 aliphatic heterocycles. The van der Waals surface area contributed by atoms with Gasteiger partial charge >= 0.3 is 0 Å². The quantitative estimate of drug-likeness (QED) is 0.502. The maximum absolute atomic E-state index is 2.58. The number of hydrogen-bond acceptors (Lipinski definition) is 0. The van der Waals surface area contributed by atoms with Gasteiger partial charge in [-0.2, -0.15) is 0 Å². The van der Waals surface area contributed by atoms with Gasteiger partial charge < -0.3 is 0 Å². The fourth-order valence-electron chi connectivity index (χ4n) is 3.31. The van der Waals surface area contributed by atoms with Crippen LogP contribution in [0.15, 0.2) is 0 Å². The lowest BCUT2D eigenvalue weighted by Gasteiger charge is -2.15. The van der Waals surface area contributed by atoms with Gasteiger partial charge in [-0.1, -0.05) is 35.9 Å². The highest BCUT2D eigenvalue weighted by Crippen LogP contribution is 2.51. The summed E-state index contributed by atoms with van der Waals surface area (Å²) in [7, 11) is 0. The van der Waals surface area contributed by atoms with E-state index < -0.39 is 0 Å². The molecule has 2 aliphatic carbocycles. The lowest BCUT2D eigenvalue weighted by atomic mass is 9.92. The molecule has 0 saturated heterocycles. The lowest BCUT2D eigenvalue weighted by molar-refractivity contribution is 0.355. The highest BCUT2D eigenvalue weighted by Gasteiger charge is 2.42. The summed E-state index contributed by atoms with van der Waals surface area (Å²) in [6.07, 6.45) is 6.13. The summed E-state index contributed by atoms with van der Waals surface area (Å²) in [5.74, 6) is 4.37. The van der Waals surface area contributed by atoms with E-state index in [-0.39, 0.29) is 0 Å². The molecule has 0 aromatic carbocycles. The molecule has 0 spiro atoms. The van der Waals surface area contributed by atoms with Crippen LogP contribution in [0.25, 0.3) is 0 Å². The second kappa shape index (κ2) is 3.23. The predicted octanol–water partition coefficient (Wildman–Crippen LogP) is 3.49. The minimum Gasteiger partial charge on any atom is -0.0861 e. The zero-order chi connectivity index (χ0) is 7.84. The summed E-state index contributed by atoms with van der Waals surface area (Å²) in [6.45, 7) is 2.47. The maximum Gasteiger partial charge on any atom is 0.00265 e. The number of hydrogen-bond donors (Lipinski definition) is 0. The SMILES string of the molecule is CC1CC(CI)C2CCCC12. The zero-order valence-corrected chi connectivity index (χ0v) is 9.38. The molecule has 64 valence electrons. The number of alkyl halides is 1. The van der Waals surface area contributed by atoms with Crippen molar-refractivity contribution in [2.45, 2.75) is 32.6 Å². The third kappa shape index (κ3) is 1.34. The first kappa shape index (κ1) is 8.33. The summed E-state index contributed by atoms with van der Waals surface area (Å²) in [4.78, 5) is 0.